The van der Waals surface area contributed by atoms with Gasteiger partial charge in [0.1, 0.15) is 18.8 Å². The number of anilines is 1. The predicted molar refractivity (Wildman–Crippen MR) is 89.0 cm³/mol. The van der Waals surface area contributed by atoms with Crippen LogP contribution >= 0.6 is 11.3 Å². The van der Waals surface area contributed by atoms with Gasteiger partial charge < -0.3 is 25.2 Å². The minimum absolute atomic E-state index is 0. The van der Waals surface area contributed by atoms with Crippen molar-refractivity contribution in [3.63, 3.8) is 0 Å². The molecule has 1 aliphatic rings. The van der Waals surface area contributed by atoms with Crippen molar-refractivity contribution in [2.24, 2.45) is 5.16 Å². The molecule has 1 aromatic rings. The maximum Gasteiger partial charge on any atom is 1.00 e. The maximum atomic E-state index is 12.4. The van der Waals surface area contributed by atoms with Crippen LogP contribution in [0, 0.1) is 0 Å². The number of amides is 2. The number of thiazole rings is 1. The van der Waals surface area contributed by atoms with E-state index in [9.17, 15) is 27.4 Å². The van der Waals surface area contributed by atoms with Crippen LogP contribution in [0.1, 0.15) is 12.1 Å². The molecular formula is C12H14N5NaO8S2. The molecule has 0 radical (unpaired) electrons. The van der Waals surface area contributed by atoms with Crippen LogP contribution in [0.25, 0.3) is 0 Å². The van der Waals surface area contributed by atoms with Crippen molar-refractivity contribution in [2.75, 3.05) is 20.0 Å². The Hall–Kier alpha value is -1.78. The van der Waals surface area contributed by atoms with E-state index in [0.717, 1.165) is 18.4 Å². The van der Waals surface area contributed by atoms with E-state index in [1.807, 2.05) is 0 Å². The zero-order chi connectivity index (χ0) is 20.4. The van der Waals surface area contributed by atoms with Gasteiger partial charge in [0.15, 0.2) is 21.1 Å². The molecule has 148 valence electrons. The number of carbonyl (C=O) groups excluding carboxylic acids is 3. The Morgan fingerprint density at radius 2 is 2.11 bits per heavy atom. The first-order chi connectivity index (χ1) is 12.6. The first-order valence-electron chi connectivity index (χ1n) is 7.09. The Kier molecular flexibility index (Phi) is 8.33. The van der Waals surface area contributed by atoms with E-state index in [0.29, 0.717) is 0 Å². The number of nitrogens with one attached hydrogen (secondary N) is 1. The number of rotatable bonds is 7. The first kappa shape index (κ1) is 24.3. The van der Waals surface area contributed by atoms with E-state index < -0.39 is 46.6 Å². The zero-order valence-corrected chi connectivity index (χ0v) is 18.6. The molecule has 2 unspecified atom stereocenters. The predicted octanol–water partition coefficient (Wildman–Crippen LogP) is -5.20. The Labute approximate surface area is 185 Å². The van der Waals surface area contributed by atoms with Gasteiger partial charge in [0.05, 0.1) is 19.6 Å². The van der Waals surface area contributed by atoms with E-state index in [2.05, 4.69) is 25.0 Å². The number of carbonyl (C=O) groups is 3. The third-order valence-corrected chi connectivity index (χ3v) is 5.07. The van der Waals surface area contributed by atoms with Crippen molar-refractivity contribution in [1.82, 2.24) is 14.6 Å². The van der Waals surface area contributed by atoms with E-state index >= 15 is 0 Å². The summed E-state index contributed by atoms with van der Waals surface area (Å²) in [6.45, 7) is 0. The minimum Gasteiger partial charge on any atom is -0.731 e. The van der Waals surface area contributed by atoms with E-state index in [1.165, 1.54) is 12.5 Å². The summed E-state index contributed by atoms with van der Waals surface area (Å²) in [5.74, 6) is -3.02. The standard InChI is InChI=1S/C12H15N5O8S2.Na/c1-24-7(18)3-6-9(11(20)17(6)27(21,22)23)15-10(19)8(16-25-2)5-4-26-12(13)14-5;/h4,6,9H,3H2,1-2H3,(H2,13,14)(H,15,19)(H,21,22,23);/q;+1/p-1. The van der Waals surface area contributed by atoms with Gasteiger partial charge in [-0.15, -0.1) is 11.3 Å². The van der Waals surface area contributed by atoms with Crippen LogP contribution in [0.4, 0.5) is 5.13 Å². The van der Waals surface area contributed by atoms with Gasteiger partial charge >= 0.3 is 35.5 Å². The molecule has 0 aromatic carbocycles. The minimum atomic E-state index is -5.17. The molecule has 2 rings (SSSR count). The van der Waals surface area contributed by atoms with Crippen molar-refractivity contribution >= 4 is 50.3 Å². The van der Waals surface area contributed by atoms with Crippen LogP contribution in [0.15, 0.2) is 10.5 Å². The van der Waals surface area contributed by atoms with Gasteiger partial charge in [-0.25, -0.2) is 17.7 Å². The second-order valence-electron chi connectivity index (χ2n) is 5.08. The quantitative estimate of drug-likeness (QED) is 0.103. The summed E-state index contributed by atoms with van der Waals surface area (Å²) in [6, 6.07) is -2.89. The second-order valence-corrected chi connectivity index (χ2v) is 7.22. The topological polar surface area (TPSA) is 193 Å². The van der Waals surface area contributed by atoms with Crippen LogP contribution in [0.5, 0.6) is 0 Å². The largest absolute Gasteiger partial charge is 1.00 e. The molecule has 1 aromatic heterocycles. The van der Waals surface area contributed by atoms with E-state index in [-0.39, 0.29) is 50.4 Å². The third-order valence-electron chi connectivity index (χ3n) is 3.46. The van der Waals surface area contributed by atoms with Crippen molar-refractivity contribution in [2.45, 2.75) is 18.5 Å². The summed E-state index contributed by atoms with van der Waals surface area (Å²) in [7, 11) is -2.96. The molecule has 1 saturated heterocycles. The number of esters is 1. The zero-order valence-electron chi connectivity index (χ0n) is 14.9. The molecule has 0 aliphatic carbocycles. The van der Waals surface area contributed by atoms with Crippen molar-refractivity contribution in [1.29, 1.82) is 0 Å². The molecule has 2 atom stereocenters. The first-order valence-corrected chi connectivity index (χ1v) is 9.34. The number of aromatic nitrogens is 1. The summed E-state index contributed by atoms with van der Waals surface area (Å²) in [5.41, 5.74) is 5.22. The number of ether oxygens (including phenoxy) is 1. The summed E-state index contributed by atoms with van der Waals surface area (Å²) in [6.07, 6.45) is -0.616. The normalized spacial score (nSPS) is 19.3. The Balaban J connectivity index is 0.00000392. The van der Waals surface area contributed by atoms with Gasteiger partial charge in [-0.2, -0.15) is 0 Å². The molecule has 1 fully saturated rings. The number of hydrogen-bond donors (Lipinski definition) is 2. The number of nitrogens with two attached hydrogens (primary N) is 1. The number of hydrogen-bond acceptors (Lipinski definition) is 12. The van der Waals surface area contributed by atoms with Crippen molar-refractivity contribution in [3.8, 4) is 0 Å². The Morgan fingerprint density at radius 1 is 1.46 bits per heavy atom. The second kappa shape index (κ2) is 9.62. The smallest absolute Gasteiger partial charge is 0.731 e. The van der Waals surface area contributed by atoms with Crippen LogP contribution in [-0.2, 0) is 34.3 Å². The number of nitrogens with zero attached hydrogens (tertiary/aromatic N) is 3. The summed E-state index contributed by atoms with van der Waals surface area (Å²) >= 11 is 1.02. The van der Waals surface area contributed by atoms with E-state index in [4.69, 9.17) is 5.73 Å². The Morgan fingerprint density at radius 3 is 2.57 bits per heavy atom. The molecule has 3 N–H and O–H groups in total. The fourth-order valence-corrected chi connectivity index (χ4v) is 3.72. The summed E-state index contributed by atoms with van der Waals surface area (Å²) in [5, 5.41) is 7.28. The molecule has 16 heteroatoms. The van der Waals surface area contributed by atoms with Gasteiger partial charge in [0, 0.05) is 5.38 Å². The average Bonchev–Trinajstić information content (AvgIpc) is 3.01. The molecule has 13 nitrogen and oxygen atoms in total. The van der Waals surface area contributed by atoms with Gasteiger partial charge in [0.25, 0.3) is 11.8 Å². The van der Waals surface area contributed by atoms with Crippen molar-refractivity contribution in [3.05, 3.63) is 11.1 Å². The number of methoxy groups -OCH3 is 1. The third kappa shape index (κ3) is 5.18. The molecule has 1 aliphatic heterocycles. The number of nitrogen functional groups attached to an aromatic ring is 1. The van der Waals surface area contributed by atoms with E-state index in [1.54, 1.807) is 0 Å². The molecule has 0 saturated carbocycles. The molecular weight excluding hydrogens is 429 g/mol. The molecule has 0 bridgehead atoms. The number of β-lactam (4-membered cyclic amide) rings is 1. The van der Waals surface area contributed by atoms with Crippen molar-refractivity contribution < 1.29 is 66.5 Å². The van der Waals surface area contributed by atoms with Crippen LogP contribution in [0.3, 0.4) is 0 Å². The molecule has 2 heterocycles. The fraction of sp³-hybridized carbons (Fsp3) is 0.417. The van der Waals surface area contributed by atoms with Crippen LogP contribution in [-0.4, -0.2) is 72.1 Å². The molecule has 28 heavy (non-hydrogen) atoms. The average molecular weight is 443 g/mol. The molecule has 0 spiro atoms. The Bertz CT molecular complexity index is 902. The summed E-state index contributed by atoms with van der Waals surface area (Å²) in [4.78, 5) is 44.3. The maximum absolute atomic E-state index is 12.4. The van der Waals surface area contributed by atoms with Crippen LogP contribution < -0.4 is 40.6 Å². The van der Waals surface area contributed by atoms with Gasteiger partial charge in [-0.05, 0) is 0 Å². The SMILES string of the molecule is CON=C(C(=O)NC1C(=O)N(S(=O)(=O)[O-])C1CC(=O)OC)c1csc(N)n1.[Na+]. The van der Waals surface area contributed by atoms with Crippen LogP contribution in [0.2, 0.25) is 0 Å². The van der Waals surface area contributed by atoms with Gasteiger partial charge in [-0.1, -0.05) is 5.16 Å². The van der Waals surface area contributed by atoms with Gasteiger partial charge in [-0.3, -0.25) is 14.4 Å². The summed E-state index contributed by atoms with van der Waals surface area (Å²) < 4.78 is 38.0. The van der Waals surface area contributed by atoms with Gasteiger partial charge in [0.2, 0.25) is 0 Å². The molecule has 2 amide bonds. The fourth-order valence-electron chi connectivity index (χ4n) is 2.31. The number of oxime groups is 1. The monoisotopic (exact) mass is 443 g/mol.